The van der Waals surface area contributed by atoms with Gasteiger partial charge in [0.1, 0.15) is 6.10 Å². The van der Waals surface area contributed by atoms with Crippen LogP contribution in [-0.4, -0.2) is 34.3 Å². The lowest BCUT2D eigenvalue weighted by molar-refractivity contribution is -0.0730. The molecule has 2 unspecified atom stereocenters. The summed E-state index contributed by atoms with van der Waals surface area (Å²) in [5.41, 5.74) is 0.947. The van der Waals surface area contributed by atoms with Gasteiger partial charge in [0, 0.05) is 31.6 Å². The predicted octanol–water partition coefficient (Wildman–Crippen LogP) is 2.06. The second-order valence-electron chi connectivity index (χ2n) is 5.97. The third-order valence-electron chi connectivity index (χ3n) is 3.75. The van der Waals surface area contributed by atoms with Gasteiger partial charge in [0.05, 0.1) is 24.1 Å². The van der Waals surface area contributed by atoms with Gasteiger partial charge in [0.2, 0.25) is 5.88 Å². The van der Waals surface area contributed by atoms with Gasteiger partial charge in [0.25, 0.3) is 0 Å². The minimum atomic E-state index is 0.176. The monoisotopic (exact) mass is 277 g/mol. The molecule has 1 N–H and O–H groups in total. The van der Waals surface area contributed by atoms with E-state index in [0.29, 0.717) is 11.9 Å². The van der Waals surface area contributed by atoms with E-state index in [4.69, 9.17) is 9.47 Å². The lowest BCUT2D eigenvalue weighted by Gasteiger charge is -2.31. The number of ether oxygens (including phenoxy) is 2. The SMILES string of the molecule is CC1CC(Oc2cncc(CNC3CC3)n2)CC(C)O1. The molecule has 2 heterocycles. The topological polar surface area (TPSA) is 56.3 Å². The summed E-state index contributed by atoms with van der Waals surface area (Å²) < 4.78 is 11.7. The van der Waals surface area contributed by atoms with Gasteiger partial charge in [-0.05, 0) is 26.7 Å². The van der Waals surface area contributed by atoms with E-state index in [1.165, 1.54) is 12.8 Å². The highest BCUT2D eigenvalue weighted by Crippen LogP contribution is 2.23. The molecule has 1 aliphatic heterocycles. The normalized spacial score (nSPS) is 30.2. The molecule has 0 radical (unpaired) electrons. The fourth-order valence-corrected chi connectivity index (χ4v) is 2.68. The summed E-state index contributed by atoms with van der Waals surface area (Å²) in [4.78, 5) is 8.76. The van der Waals surface area contributed by atoms with Crippen LogP contribution in [0.1, 0.15) is 45.2 Å². The fraction of sp³-hybridized carbons (Fsp3) is 0.733. The third kappa shape index (κ3) is 3.90. The summed E-state index contributed by atoms with van der Waals surface area (Å²) in [5.74, 6) is 0.631. The van der Waals surface area contributed by atoms with Gasteiger partial charge in [-0.1, -0.05) is 0 Å². The van der Waals surface area contributed by atoms with E-state index in [1.54, 1.807) is 12.4 Å². The van der Waals surface area contributed by atoms with Crippen molar-refractivity contribution in [1.82, 2.24) is 15.3 Å². The van der Waals surface area contributed by atoms with Crippen LogP contribution in [0.4, 0.5) is 0 Å². The van der Waals surface area contributed by atoms with Gasteiger partial charge >= 0.3 is 0 Å². The Morgan fingerprint density at radius 2 is 2.00 bits per heavy atom. The molecule has 2 atom stereocenters. The maximum absolute atomic E-state index is 5.98. The Balaban J connectivity index is 1.57. The second-order valence-corrected chi connectivity index (χ2v) is 5.97. The fourth-order valence-electron chi connectivity index (χ4n) is 2.68. The van der Waals surface area contributed by atoms with E-state index in [9.17, 15) is 0 Å². The summed E-state index contributed by atoms with van der Waals surface area (Å²) in [7, 11) is 0. The zero-order valence-corrected chi connectivity index (χ0v) is 12.2. The maximum Gasteiger partial charge on any atom is 0.232 e. The van der Waals surface area contributed by atoms with Crippen LogP contribution in [0.3, 0.4) is 0 Å². The van der Waals surface area contributed by atoms with Crippen molar-refractivity contribution in [3.8, 4) is 5.88 Å². The van der Waals surface area contributed by atoms with E-state index < -0.39 is 0 Å². The molecule has 0 amide bonds. The van der Waals surface area contributed by atoms with Crippen molar-refractivity contribution in [1.29, 1.82) is 0 Å². The van der Waals surface area contributed by atoms with Gasteiger partial charge in [-0.3, -0.25) is 4.98 Å². The first-order chi connectivity index (χ1) is 9.69. The lowest BCUT2D eigenvalue weighted by atomic mass is 10.0. The number of rotatable bonds is 5. The highest BCUT2D eigenvalue weighted by Gasteiger charge is 2.26. The molecular weight excluding hydrogens is 254 g/mol. The van der Waals surface area contributed by atoms with Crippen LogP contribution in [0.25, 0.3) is 0 Å². The van der Waals surface area contributed by atoms with Crippen LogP contribution in [-0.2, 0) is 11.3 Å². The van der Waals surface area contributed by atoms with Crippen LogP contribution in [0.15, 0.2) is 12.4 Å². The van der Waals surface area contributed by atoms with Crippen LogP contribution < -0.4 is 10.1 Å². The Labute approximate surface area is 120 Å². The van der Waals surface area contributed by atoms with Gasteiger partial charge in [-0.15, -0.1) is 0 Å². The Morgan fingerprint density at radius 1 is 1.25 bits per heavy atom. The molecule has 2 aliphatic rings. The first-order valence-corrected chi connectivity index (χ1v) is 7.55. The van der Waals surface area contributed by atoms with Gasteiger partial charge in [0.15, 0.2) is 0 Å². The summed E-state index contributed by atoms with van der Waals surface area (Å²) in [5, 5.41) is 3.44. The minimum absolute atomic E-state index is 0.176. The average molecular weight is 277 g/mol. The van der Waals surface area contributed by atoms with Crippen LogP contribution in [0.5, 0.6) is 5.88 Å². The molecule has 1 aliphatic carbocycles. The molecular formula is C15H23N3O2. The second kappa shape index (κ2) is 6.06. The maximum atomic E-state index is 5.98. The highest BCUT2D eigenvalue weighted by molar-refractivity contribution is 5.09. The number of nitrogens with zero attached hydrogens (tertiary/aromatic N) is 2. The molecule has 0 spiro atoms. The molecule has 1 saturated carbocycles. The predicted molar refractivity (Wildman–Crippen MR) is 75.6 cm³/mol. The Morgan fingerprint density at radius 3 is 2.70 bits per heavy atom. The van der Waals surface area contributed by atoms with Crippen molar-refractivity contribution in [2.45, 2.75) is 70.4 Å². The van der Waals surface area contributed by atoms with Crippen LogP contribution in [0.2, 0.25) is 0 Å². The van der Waals surface area contributed by atoms with E-state index in [1.807, 2.05) is 0 Å². The molecule has 5 heteroatoms. The molecule has 1 aromatic heterocycles. The molecule has 110 valence electrons. The number of hydrogen-bond acceptors (Lipinski definition) is 5. The van der Waals surface area contributed by atoms with Crippen LogP contribution >= 0.6 is 0 Å². The molecule has 20 heavy (non-hydrogen) atoms. The Hall–Kier alpha value is -1.20. The Kier molecular flexibility index (Phi) is 4.17. The van der Waals surface area contributed by atoms with Crippen molar-refractivity contribution < 1.29 is 9.47 Å². The third-order valence-corrected chi connectivity index (χ3v) is 3.75. The zero-order valence-electron chi connectivity index (χ0n) is 12.2. The zero-order chi connectivity index (χ0) is 13.9. The highest BCUT2D eigenvalue weighted by atomic mass is 16.5. The van der Waals surface area contributed by atoms with E-state index in [0.717, 1.165) is 25.1 Å². The summed E-state index contributed by atoms with van der Waals surface area (Å²) in [6, 6.07) is 0.679. The van der Waals surface area contributed by atoms with Crippen molar-refractivity contribution in [3.05, 3.63) is 18.1 Å². The van der Waals surface area contributed by atoms with Crippen LogP contribution in [0, 0.1) is 0 Å². The average Bonchev–Trinajstić information content (AvgIpc) is 3.19. The number of hydrogen-bond donors (Lipinski definition) is 1. The van der Waals surface area contributed by atoms with Gasteiger partial charge in [-0.2, -0.15) is 0 Å². The Bertz CT molecular complexity index is 440. The summed E-state index contributed by atoms with van der Waals surface area (Å²) in [6.07, 6.45) is 8.56. The number of aromatic nitrogens is 2. The molecule has 5 nitrogen and oxygen atoms in total. The largest absolute Gasteiger partial charge is 0.473 e. The molecule has 1 saturated heterocycles. The first-order valence-electron chi connectivity index (χ1n) is 7.55. The lowest BCUT2D eigenvalue weighted by Crippen LogP contribution is -2.36. The number of nitrogens with one attached hydrogen (secondary N) is 1. The molecule has 0 bridgehead atoms. The van der Waals surface area contributed by atoms with Crippen molar-refractivity contribution >= 4 is 0 Å². The standard InChI is InChI=1S/C15H23N3O2/c1-10-5-14(6-11(2)19-10)20-15-9-16-7-13(18-15)8-17-12-3-4-12/h7,9-12,14,17H,3-6,8H2,1-2H3. The van der Waals surface area contributed by atoms with E-state index in [-0.39, 0.29) is 18.3 Å². The summed E-state index contributed by atoms with van der Waals surface area (Å²) in [6.45, 7) is 4.96. The van der Waals surface area contributed by atoms with E-state index in [2.05, 4.69) is 29.1 Å². The molecule has 1 aromatic rings. The van der Waals surface area contributed by atoms with Gasteiger partial charge in [-0.25, -0.2) is 4.98 Å². The quantitative estimate of drug-likeness (QED) is 0.893. The van der Waals surface area contributed by atoms with Gasteiger partial charge < -0.3 is 14.8 Å². The van der Waals surface area contributed by atoms with Crippen molar-refractivity contribution in [3.63, 3.8) is 0 Å². The minimum Gasteiger partial charge on any atom is -0.473 e. The molecule has 2 fully saturated rings. The smallest absolute Gasteiger partial charge is 0.232 e. The molecule has 0 aromatic carbocycles. The van der Waals surface area contributed by atoms with Crippen molar-refractivity contribution in [2.24, 2.45) is 0 Å². The first kappa shape index (κ1) is 13.8. The molecule has 3 rings (SSSR count). The van der Waals surface area contributed by atoms with Crippen molar-refractivity contribution in [2.75, 3.05) is 0 Å². The van der Waals surface area contributed by atoms with E-state index >= 15 is 0 Å². The summed E-state index contributed by atoms with van der Waals surface area (Å²) >= 11 is 0.